The number of para-hydroxylation sites is 1. The molecule has 0 atom stereocenters. The van der Waals surface area contributed by atoms with Crippen LogP contribution in [0.4, 0.5) is 17.1 Å². The van der Waals surface area contributed by atoms with Gasteiger partial charge in [-0.25, -0.2) is 0 Å². The first-order valence-electron chi connectivity index (χ1n) is 20.1. The van der Waals surface area contributed by atoms with E-state index in [2.05, 4.69) is 217 Å². The standard InChI is InChI=1S/C55H38N2S/c1-55(2)47-20-8-5-16-41(47)42-31-30-39(34-48(42)55)56(52-23-12-19-45-44-18-7-10-24-53(44)58-54(45)52)38-28-25-35(26-29-38)37-27-32-51-46(33-37)43-17-6-9-21-50(43)57(51)49-22-11-14-36-13-3-4-15-40(36)49/h3-34H,1-2H3. The highest BCUT2D eigenvalue weighted by molar-refractivity contribution is 7.26. The van der Waals surface area contributed by atoms with Crippen LogP contribution in [0.3, 0.4) is 0 Å². The minimum atomic E-state index is -0.101. The van der Waals surface area contributed by atoms with Crippen molar-refractivity contribution in [3.63, 3.8) is 0 Å². The molecule has 0 aliphatic heterocycles. The maximum Gasteiger partial charge on any atom is 0.0640 e. The van der Waals surface area contributed by atoms with Crippen LogP contribution in [0, 0.1) is 0 Å². The van der Waals surface area contributed by atoms with Crippen LogP contribution in [0.15, 0.2) is 194 Å². The highest BCUT2D eigenvalue weighted by Gasteiger charge is 2.36. The van der Waals surface area contributed by atoms with E-state index in [9.17, 15) is 0 Å². The first kappa shape index (κ1) is 33.2. The van der Waals surface area contributed by atoms with Crippen molar-refractivity contribution in [3.8, 4) is 27.9 Å². The molecule has 0 fully saturated rings. The number of anilines is 3. The number of nitrogens with zero attached hydrogens (tertiary/aromatic N) is 2. The Kier molecular flexibility index (Phi) is 7.18. The molecule has 0 amide bonds. The molecule has 1 aliphatic rings. The predicted molar refractivity (Wildman–Crippen MR) is 249 cm³/mol. The molecule has 1 aliphatic carbocycles. The van der Waals surface area contributed by atoms with Crippen molar-refractivity contribution in [2.75, 3.05) is 4.90 Å². The first-order valence-corrected chi connectivity index (χ1v) is 20.9. The molecule has 0 unspecified atom stereocenters. The summed E-state index contributed by atoms with van der Waals surface area (Å²) in [6.45, 7) is 4.73. The molecular weight excluding hydrogens is 721 g/mol. The molecule has 2 aromatic heterocycles. The molecule has 2 heterocycles. The van der Waals surface area contributed by atoms with Gasteiger partial charge in [-0.1, -0.05) is 147 Å². The molecule has 274 valence electrons. The first-order chi connectivity index (χ1) is 28.5. The number of benzene rings is 9. The normalized spacial score (nSPS) is 13.1. The molecular formula is C55H38N2S. The monoisotopic (exact) mass is 758 g/mol. The van der Waals surface area contributed by atoms with Crippen LogP contribution in [-0.2, 0) is 5.41 Å². The summed E-state index contributed by atoms with van der Waals surface area (Å²) in [6.07, 6.45) is 0. The van der Waals surface area contributed by atoms with Crippen molar-refractivity contribution in [1.29, 1.82) is 0 Å². The minimum absolute atomic E-state index is 0.101. The highest BCUT2D eigenvalue weighted by atomic mass is 32.1. The topological polar surface area (TPSA) is 8.17 Å². The molecule has 12 rings (SSSR count). The Morgan fingerprint density at radius 1 is 0.448 bits per heavy atom. The van der Waals surface area contributed by atoms with Crippen molar-refractivity contribution in [1.82, 2.24) is 4.57 Å². The SMILES string of the molecule is CC1(C)c2ccccc2-c2ccc(N(c3ccc(-c4ccc5c(c4)c4ccccc4n5-c4cccc5ccccc45)cc3)c3cccc4c3sc3ccccc34)cc21. The Balaban J connectivity index is 1.01. The lowest BCUT2D eigenvalue weighted by molar-refractivity contribution is 0.660. The maximum absolute atomic E-state index is 2.47. The lowest BCUT2D eigenvalue weighted by atomic mass is 9.82. The second-order valence-corrected chi connectivity index (χ2v) is 17.2. The summed E-state index contributed by atoms with van der Waals surface area (Å²) in [6, 6.07) is 71.8. The summed E-state index contributed by atoms with van der Waals surface area (Å²) in [7, 11) is 0. The smallest absolute Gasteiger partial charge is 0.0640 e. The maximum atomic E-state index is 2.47. The van der Waals surface area contributed by atoms with Gasteiger partial charge in [0.25, 0.3) is 0 Å². The summed E-state index contributed by atoms with van der Waals surface area (Å²) < 4.78 is 5.04. The fourth-order valence-corrected chi connectivity index (χ4v) is 11.0. The number of hydrogen-bond acceptors (Lipinski definition) is 2. The van der Waals surface area contributed by atoms with Crippen molar-refractivity contribution in [3.05, 3.63) is 205 Å². The van der Waals surface area contributed by atoms with E-state index in [1.807, 2.05) is 11.3 Å². The van der Waals surface area contributed by atoms with Gasteiger partial charge in [0, 0.05) is 48.4 Å². The van der Waals surface area contributed by atoms with E-state index in [-0.39, 0.29) is 5.41 Å². The van der Waals surface area contributed by atoms with E-state index < -0.39 is 0 Å². The molecule has 9 aromatic carbocycles. The van der Waals surface area contributed by atoms with Gasteiger partial charge in [-0.3, -0.25) is 0 Å². The van der Waals surface area contributed by atoms with E-state index >= 15 is 0 Å². The lowest BCUT2D eigenvalue weighted by Crippen LogP contribution is -2.16. The Hall–Kier alpha value is -6.94. The fraction of sp³-hybridized carbons (Fsp3) is 0.0545. The van der Waals surface area contributed by atoms with Crippen LogP contribution in [0.5, 0.6) is 0 Å². The number of fused-ring (bicyclic) bond motifs is 10. The van der Waals surface area contributed by atoms with Gasteiger partial charge < -0.3 is 9.47 Å². The van der Waals surface area contributed by atoms with Crippen LogP contribution in [0.1, 0.15) is 25.0 Å². The number of rotatable bonds is 5. The lowest BCUT2D eigenvalue weighted by Gasteiger charge is -2.28. The molecule has 3 heteroatoms. The Bertz CT molecular complexity index is 3430. The third kappa shape index (κ3) is 4.84. The van der Waals surface area contributed by atoms with E-state index in [0.717, 1.165) is 5.69 Å². The minimum Gasteiger partial charge on any atom is -0.309 e. The van der Waals surface area contributed by atoms with Crippen molar-refractivity contribution >= 4 is 81.1 Å². The fourth-order valence-electron chi connectivity index (χ4n) is 9.79. The highest BCUT2D eigenvalue weighted by Crippen LogP contribution is 2.52. The third-order valence-corrected chi connectivity index (χ3v) is 13.8. The number of thiophene rings is 1. The van der Waals surface area contributed by atoms with Gasteiger partial charge in [-0.2, -0.15) is 0 Å². The Labute approximate surface area is 341 Å². The molecule has 2 nitrogen and oxygen atoms in total. The van der Waals surface area contributed by atoms with E-state index in [0.29, 0.717) is 0 Å². The average molecular weight is 759 g/mol. The summed E-state index contributed by atoms with van der Waals surface area (Å²) in [4.78, 5) is 2.47. The van der Waals surface area contributed by atoms with Gasteiger partial charge in [0.05, 0.1) is 27.1 Å². The molecule has 0 saturated carbocycles. The summed E-state index contributed by atoms with van der Waals surface area (Å²) in [5.41, 5.74) is 14.9. The predicted octanol–water partition coefficient (Wildman–Crippen LogP) is 15.7. The second kappa shape index (κ2) is 12.5. The van der Waals surface area contributed by atoms with Crippen LogP contribution in [0.25, 0.3) is 80.7 Å². The molecule has 0 saturated heterocycles. The van der Waals surface area contributed by atoms with Crippen molar-refractivity contribution in [2.45, 2.75) is 19.3 Å². The van der Waals surface area contributed by atoms with E-state index in [4.69, 9.17) is 0 Å². The quantitative estimate of drug-likeness (QED) is 0.170. The third-order valence-electron chi connectivity index (χ3n) is 12.6. The summed E-state index contributed by atoms with van der Waals surface area (Å²) in [5, 5.41) is 7.61. The summed E-state index contributed by atoms with van der Waals surface area (Å²) in [5.74, 6) is 0. The second-order valence-electron chi connectivity index (χ2n) is 16.1. The number of aromatic nitrogens is 1. The molecule has 11 aromatic rings. The van der Waals surface area contributed by atoms with Gasteiger partial charge in [-0.15, -0.1) is 11.3 Å². The van der Waals surface area contributed by atoms with Crippen molar-refractivity contribution < 1.29 is 0 Å². The van der Waals surface area contributed by atoms with Gasteiger partial charge in [0.15, 0.2) is 0 Å². The van der Waals surface area contributed by atoms with Gasteiger partial charge in [0.2, 0.25) is 0 Å². The van der Waals surface area contributed by atoms with Crippen LogP contribution < -0.4 is 4.90 Å². The molecule has 58 heavy (non-hydrogen) atoms. The zero-order chi connectivity index (χ0) is 38.5. The molecule has 0 spiro atoms. The van der Waals surface area contributed by atoms with Gasteiger partial charge in [-0.05, 0) is 99.4 Å². The van der Waals surface area contributed by atoms with E-state index in [1.165, 1.54) is 103 Å². The average Bonchev–Trinajstić information content (AvgIpc) is 3.89. The van der Waals surface area contributed by atoms with Crippen molar-refractivity contribution in [2.24, 2.45) is 0 Å². The van der Waals surface area contributed by atoms with Gasteiger partial charge >= 0.3 is 0 Å². The number of hydrogen-bond donors (Lipinski definition) is 0. The zero-order valence-electron chi connectivity index (χ0n) is 32.3. The van der Waals surface area contributed by atoms with Gasteiger partial charge in [0.1, 0.15) is 0 Å². The molecule has 0 radical (unpaired) electrons. The van der Waals surface area contributed by atoms with Crippen LogP contribution in [0.2, 0.25) is 0 Å². The molecule has 0 bridgehead atoms. The molecule has 0 N–H and O–H groups in total. The van der Waals surface area contributed by atoms with E-state index in [1.54, 1.807) is 0 Å². The largest absolute Gasteiger partial charge is 0.309 e. The Morgan fingerprint density at radius 3 is 2.00 bits per heavy atom. The van der Waals surface area contributed by atoms with Crippen LogP contribution >= 0.6 is 11.3 Å². The van der Waals surface area contributed by atoms with Crippen LogP contribution in [-0.4, -0.2) is 4.57 Å². The Morgan fingerprint density at radius 2 is 1.10 bits per heavy atom. The summed E-state index contributed by atoms with van der Waals surface area (Å²) >= 11 is 1.88. The zero-order valence-corrected chi connectivity index (χ0v) is 33.1.